The molecule has 1 atom stereocenters. The van der Waals surface area contributed by atoms with Gasteiger partial charge in [0, 0.05) is 43.5 Å². The fraction of sp³-hybridized carbons (Fsp3) is 0.750. The van der Waals surface area contributed by atoms with Crippen LogP contribution in [0.2, 0.25) is 0 Å². The number of carbonyl (C=O) groups is 1. The Morgan fingerprint density at radius 3 is 2.78 bits per heavy atom. The van der Waals surface area contributed by atoms with Crippen LogP contribution in [0.3, 0.4) is 0 Å². The number of urea groups is 1. The molecule has 2 amide bonds. The fourth-order valence-electron chi connectivity index (χ4n) is 2.72. The average Bonchev–Trinajstić information content (AvgIpc) is 2.99. The molecule has 2 heterocycles. The molecule has 1 aromatic rings. The van der Waals surface area contributed by atoms with Crippen LogP contribution in [0, 0.1) is 6.92 Å². The predicted octanol–water partition coefficient (Wildman–Crippen LogP) is 1.79. The summed E-state index contributed by atoms with van der Waals surface area (Å²) in [6.45, 7) is 11.0. The highest BCUT2D eigenvalue weighted by Gasteiger charge is 2.31. The zero-order valence-electron chi connectivity index (χ0n) is 14.4. The van der Waals surface area contributed by atoms with Crippen LogP contribution in [0.1, 0.15) is 31.0 Å². The van der Waals surface area contributed by atoms with Crippen LogP contribution < -0.4 is 10.6 Å². The van der Waals surface area contributed by atoms with Crippen molar-refractivity contribution in [3.63, 3.8) is 0 Å². The normalized spacial score (nSPS) is 18.4. The SMILES string of the molecule is CC[C@](C)(CNC(=O)NCCc1csc(C)n1)N1CCOCC1. The second-order valence-electron chi connectivity index (χ2n) is 6.17. The molecule has 2 N–H and O–H groups in total. The Kier molecular flexibility index (Phi) is 6.80. The first-order valence-corrected chi connectivity index (χ1v) is 9.17. The lowest BCUT2D eigenvalue weighted by Crippen LogP contribution is -2.57. The lowest BCUT2D eigenvalue weighted by Gasteiger charge is -2.43. The van der Waals surface area contributed by atoms with Gasteiger partial charge in [-0.25, -0.2) is 9.78 Å². The highest BCUT2D eigenvalue weighted by atomic mass is 32.1. The first-order chi connectivity index (χ1) is 11.0. The molecule has 1 fully saturated rings. The number of nitrogens with one attached hydrogen (secondary N) is 2. The van der Waals surface area contributed by atoms with Crippen LogP contribution in [0.4, 0.5) is 4.79 Å². The monoisotopic (exact) mass is 340 g/mol. The molecular weight excluding hydrogens is 312 g/mol. The highest BCUT2D eigenvalue weighted by molar-refractivity contribution is 7.09. The van der Waals surface area contributed by atoms with Crippen molar-refractivity contribution < 1.29 is 9.53 Å². The third-order valence-electron chi connectivity index (χ3n) is 4.50. The third-order valence-corrected chi connectivity index (χ3v) is 5.32. The van der Waals surface area contributed by atoms with Gasteiger partial charge in [-0.15, -0.1) is 11.3 Å². The molecule has 0 spiro atoms. The molecule has 0 aliphatic carbocycles. The van der Waals surface area contributed by atoms with Crippen molar-refractivity contribution in [1.29, 1.82) is 0 Å². The molecule has 1 aliphatic rings. The summed E-state index contributed by atoms with van der Waals surface area (Å²) in [6, 6.07) is -0.107. The number of carbonyl (C=O) groups excluding carboxylic acids is 1. The Hall–Kier alpha value is -1.18. The molecule has 0 saturated carbocycles. The van der Waals surface area contributed by atoms with Crippen LogP contribution >= 0.6 is 11.3 Å². The summed E-state index contributed by atoms with van der Waals surface area (Å²) < 4.78 is 5.42. The quantitative estimate of drug-likeness (QED) is 0.794. The van der Waals surface area contributed by atoms with Gasteiger partial charge in [-0.1, -0.05) is 6.92 Å². The van der Waals surface area contributed by atoms with E-state index in [9.17, 15) is 4.79 Å². The summed E-state index contributed by atoms with van der Waals surface area (Å²) in [5.41, 5.74) is 1.02. The maximum atomic E-state index is 12.0. The summed E-state index contributed by atoms with van der Waals surface area (Å²) in [4.78, 5) is 18.8. The number of hydrogen-bond donors (Lipinski definition) is 2. The second-order valence-corrected chi connectivity index (χ2v) is 7.23. The molecular formula is C16H28N4O2S. The average molecular weight is 340 g/mol. The van der Waals surface area contributed by atoms with Crippen LogP contribution in [-0.2, 0) is 11.2 Å². The summed E-state index contributed by atoms with van der Waals surface area (Å²) >= 11 is 1.64. The number of amides is 2. The number of morpholine rings is 1. The van der Waals surface area contributed by atoms with E-state index in [1.54, 1.807) is 11.3 Å². The van der Waals surface area contributed by atoms with E-state index >= 15 is 0 Å². The lowest BCUT2D eigenvalue weighted by atomic mass is 9.95. The minimum Gasteiger partial charge on any atom is -0.379 e. The number of nitrogens with zero attached hydrogens (tertiary/aromatic N) is 2. The van der Waals surface area contributed by atoms with E-state index in [1.807, 2.05) is 12.3 Å². The Bertz CT molecular complexity index is 502. The summed E-state index contributed by atoms with van der Waals surface area (Å²) in [5.74, 6) is 0. The molecule has 6 nitrogen and oxygen atoms in total. The molecule has 1 aliphatic heterocycles. The molecule has 23 heavy (non-hydrogen) atoms. The van der Waals surface area contributed by atoms with E-state index in [-0.39, 0.29) is 11.6 Å². The van der Waals surface area contributed by atoms with Gasteiger partial charge in [-0.3, -0.25) is 4.90 Å². The van der Waals surface area contributed by atoms with E-state index < -0.39 is 0 Å². The van der Waals surface area contributed by atoms with E-state index in [0.29, 0.717) is 13.1 Å². The third kappa shape index (κ3) is 5.44. The zero-order chi connectivity index (χ0) is 16.7. The Morgan fingerprint density at radius 2 is 2.17 bits per heavy atom. The maximum Gasteiger partial charge on any atom is 0.314 e. The molecule has 130 valence electrons. The van der Waals surface area contributed by atoms with Crippen molar-refractivity contribution >= 4 is 17.4 Å². The minimum absolute atomic E-state index is 0.0207. The molecule has 0 radical (unpaired) electrons. The van der Waals surface area contributed by atoms with Gasteiger partial charge < -0.3 is 15.4 Å². The van der Waals surface area contributed by atoms with Crippen LogP contribution in [0.15, 0.2) is 5.38 Å². The largest absolute Gasteiger partial charge is 0.379 e. The van der Waals surface area contributed by atoms with E-state index in [4.69, 9.17) is 4.74 Å². The van der Waals surface area contributed by atoms with Gasteiger partial charge in [0.15, 0.2) is 0 Å². The van der Waals surface area contributed by atoms with Gasteiger partial charge in [0.25, 0.3) is 0 Å². The van der Waals surface area contributed by atoms with Gasteiger partial charge in [0.2, 0.25) is 0 Å². The highest BCUT2D eigenvalue weighted by Crippen LogP contribution is 2.19. The van der Waals surface area contributed by atoms with Crippen LogP contribution in [0.25, 0.3) is 0 Å². The van der Waals surface area contributed by atoms with Gasteiger partial charge >= 0.3 is 6.03 Å². The number of thiazole rings is 1. The summed E-state index contributed by atoms with van der Waals surface area (Å²) in [5, 5.41) is 9.03. The number of aryl methyl sites for hydroxylation is 1. The number of ether oxygens (including phenoxy) is 1. The number of aromatic nitrogens is 1. The van der Waals surface area contributed by atoms with Crippen molar-refractivity contribution in [2.45, 2.75) is 39.2 Å². The van der Waals surface area contributed by atoms with E-state index in [1.165, 1.54) is 0 Å². The molecule has 0 bridgehead atoms. The second kappa shape index (κ2) is 8.61. The smallest absolute Gasteiger partial charge is 0.314 e. The maximum absolute atomic E-state index is 12.0. The van der Waals surface area contributed by atoms with Gasteiger partial charge in [0.05, 0.1) is 23.9 Å². The van der Waals surface area contributed by atoms with Crippen molar-refractivity contribution in [1.82, 2.24) is 20.5 Å². The van der Waals surface area contributed by atoms with Crippen molar-refractivity contribution in [2.75, 3.05) is 39.4 Å². The van der Waals surface area contributed by atoms with E-state index in [2.05, 4.69) is 34.4 Å². The lowest BCUT2D eigenvalue weighted by molar-refractivity contribution is -0.0164. The molecule has 0 unspecified atom stereocenters. The van der Waals surface area contributed by atoms with Crippen LogP contribution in [0.5, 0.6) is 0 Å². The zero-order valence-corrected chi connectivity index (χ0v) is 15.2. The van der Waals surface area contributed by atoms with Crippen LogP contribution in [-0.4, -0.2) is 60.8 Å². The van der Waals surface area contributed by atoms with E-state index in [0.717, 1.165) is 49.8 Å². The molecule has 2 rings (SSSR count). The first kappa shape index (κ1) is 18.2. The Morgan fingerprint density at radius 1 is 1.43 bits per heavy atom. The van der Waals surface area contributed by atoms with Gasteiger partial charge in [-0.2, -0.15) is 0 Å². The summed E-state index contributed by atoms with van der Waals surface area (Å²) in [6.07, 6.45) is 1.76. The minimum atomic E-state index is -0.107. The molecule has 7 heteroatoms. The van der Waals surface area contributed by atoms with Gasteiger partial charge in [-0.05, 0) is 20.3 Å². The van der Waals surface area contributed by atoms with Crippen molar-refractivity contribution in [3.05, 3.63) is 16.1 Å². The predicted molar refractivity (Wildman–Crippen MR) is 93.0 cm³/mol. The Balaban J connectivity index is 1.71. The molecule has 1 aromatic heterocycles. The first-order valence-electron chi connectivity index (χ1n) is 8.29. The Labute approximate surface area is 142 Å². The molecule has 1 saturated heterocycles. The topological polar surface area (TPSA) is 66.5 Å². The fourth-order valence-corrected chi connectivity index (χ4v) is 3.37. The van der Waals surface area contributed by atoms with Gasteiger partial charge in [0.1, 0.15) is 0 Å². The van der Waals surface area contributed by atoms with Crippen molar-refractivity contribution in [3.8, 4) is 0 Å². The summed E-state index contributed by atoms with van der Waals surface area (Å²) in [7, 11) is 0. The standard InChI is InChI=1S/C16H28N4O2S/c1-4-16(3,20-7-9-22-10-8-20)12-18-15(21)17-6-5-14-11-23-13(2)19-14/h11H,4-10,12H2,1-3H3,(H2,17,18,21)/t16-/m1/s1. The van der Waals surface area contributed by atoms with Crippen molar-refractivity contribution in [2.24, 2.45) is 0 Å². The number of rotatable bonds is 7. The number of hydrogen-bond acceptors (Lipinski definition) is 5. The molecule has 0 aromatic carbocycles.